The molecule has 0 radical (unpaired) electrons. The highest BCUT2D eigenvalue weighted by Gasteiger charge is 2.26. The highest BCUT2D eigenvalue weighted by molar-refractivity contribution is 7.89. The number of halogens is 1. The zero-order valence-electron chi connectivity index (χ0n) is 14.0. The second-order valence-electron chi connectivity index (χ2n) is 5.85. The van der Waals surface area contributed by atoms with E-state index in [0.717, 1.165) is 30.0 Å². The predicted octanol–water partition coefficient (Wildman–Crippen LogP) is 2.37. The molecule has 1 heterocycles. The molecule has 134 valence electrons. The van der Waals surface area contributed by atoms with E-state index in [4.69, 9.17) is 16.3 Å². The Morgan fingerprint density at radius 2 is 1.88 bits per heavy atom. The Morgan fingerprint density at radius 3 is 2.42 bits per heavy atom. The standard InChI is InChI=1S/C16H23ClN2O4S/c1-18(12-16(20)19-9-5-3-4-6-10-19)24(21,22)13-7-8-15(23-2)14(17)11-13/h7-8,11H,3-6,9-10,12H2,1-2H3. The van der Waals surface area contributed by atoms with Crippen molar-refractivity contribution < 1.29 is 17.9 Å². The predicted molar refractivity (Wildman–Crippen MR) is 92.9 cm³/mol. The number of ether oxygens (including phenoxy) is 1. The van der Waals surface area contributed by atoms with Gasteiger partial charge in [0.05, 0.1) is 23.6 Å². The fourth-order valence-electron chi connectivity index (χ4n) is 2.68. The van der Waals surface area contributed by atoms with Crippen molar-refractivity contribution in [3.63, 3.8) is 0 Å². The molecule has 0 N–H and O–H groups in total. The number of amides is 1. The van der Waals surface area contributed by atoms with E-state index in [0.29, 0.717) is 18.8 Å². The van der Waals surface area contributed by atoms with Crippen molar-refractivity contribution in [2.75, 3.05) is 33.8 Å². The summed E-state index contributed by atoms with van der Waals surface area (Å²) in [5, 5.41) is 0.214. The van der Waals surface area contributed by atoms with Crippen LogP contribution in [0.4, 0.5) is 0 Å². The summed E-state index contributed by atoms with van der Waals surface area (Å²) in [5.74, 6) is 0.237. The van der Waals surface area contributed by atoms with E-state index in [1.165, 1.54) is 32.4 Å². The van der Waals surface area contributed by atoms with Crippen molar-refractivity contribution >= 4 is 27.5 Å². The van der Waals surface area contributed by atoms with Gasteiger partial charge in [0, 0.05) is 20.1 Å². The van der Waals surface area contributed by atoms with Crippen molar-refractivity contribution in [2.24, 2.45) is 0 Å². The Balaban J connectivity index is 2.10. The summed E-state index contributed by atoms with van der Waals surface area (Å²) in [5.41, 5.74) is 0. The van der Waals surface area contributed by atoms with Gasteiger partial charge in [-0.15, -0.1) is 0 Å². The van der Waals surface area contributed by atoms with E-state index in [2.05, 4.69) is 0 Å². The molecular weight excluding hydrogens is 352 g/mol. The Morgan fingerprint density at radius 1 is 1.25 bits per heavy atom. The van der Waals surface area contributed by atoms with Crippen LogP contribution in [0.5, 0.6) is 5.75 Å². The molecule has 24 heavy (non-hydrogen) atoms. The van der Waals surface area contributed by atoms with Gasteiger partial charge in [0.1, 0.15) is 5.75 Å². The van der Waals surface area contributed by atoms with E-state index in [1.807, 2.05) is 0 Å². The molecule has 0 spiro atoms. The molecule has 1 fully saturated rings. The van der Waals surface area contributed by atoms with E-state index in [-0.39, 0.29) is 22.4 Å². The minimum absolute atomic E-state index is 0.0412. The fraction of sp³-hybridized carbons (Fsp3) is 0.562. The smallest absolute Gasteiger partial charge is 0.243 e. The highest BCUT2D eigenvalue weighted by Crippen LogP contribution is 2.28. The summed E-state index contributed by atoms with van der Waals surface area (Å²) < 4.78 is 31.3. The lowest BCUT2D eigenvalue weighted by atomic mass is 10.2. The molecule has 0 atom stereocenters. The molecule has 1 aromatic rings. The first-order valence-electron chi connectivity index (χ1n) is 7.94. The number of likely N-dealkylation sites (N-methyl/N-ethyl adjacent to an activating group) is 1. The average molecular weight is 375 g/mol. The van der Waals surface area contributed by atoms with Crippen molar-refractivity contribution in [1.29, 1.82) is 0 Å². The molecule has 1 saturated heterocycles. The Bertz CT molecular complexity index is 685. The molecule has 2 rings (SSSR count). The van der Waals surface area contributed by atoms with Gasteiger partial charge in [-0.3, -0.25) is 4.79 Å². The maximum atomic E-state index is 12.6. The normalized spacial score (nSPS) is 16.1. The number of hydrogen-bond acceptors (Lipinski definition) is 4. The van der Waals surface area contributed by atoms with E-state index >= 15 is 0 Å². The SMILES string of the molecule is COc1ccc(S(=O)(=O)N(C)CC(=O)N2CCCCCC2)cc1Cl. The first-order valence-corrected chi connectivity index (χ1v) is 9.75. The maximum Gasteiger partial charge on any atom is 0.243 e. The molecule has 0 aromatic heterocycles. The Hall–Kier alpha value is -1.31. The lowest BCUT2D eigenvalue weighted by Crippen LogP contribution is -2.41. The molecule has 8 heteroatoms. The van der Waals surface area contributed by atoms with E-state index < -0.39 is 10.0 Å². The van der Waals surface area contributed by atoms with E-state index in [9.17, 15) is 13.2 Å². The van der Waals surface area contributed by atoms with Crippen molar-refractivity contribution in [2.45, 2.75) is 30.6 Å². The van der Waals surface area contributed by atoms with Crippen molar-refractivity contribution in [1.82, 2.24) is 9.21 Å². The van der Waals surface area contributed by atoms with Crippen molar-refractivity contribution in [3.05, 3.63) is 23.2 Å². The van der Waals surface area contributed by atoms with Crippen LogP contribution < -0.4 is 4.74 Å². The number of carbonyl (C=O) groups excluding carboxylic acids is 1. The van der Waals surface area contributed by atoms with Crippen LogP contribution in [0.25, 0.3) is 0 Å². The van der Waals surface area contributed by atoms with Gasteiger partial charge >= 0.3 is 0 Å². The second-order valence-corrected chi connectivity index (χ2v) is 8.30. The number of rotatable bonds is 5. The summed E-state index contributed by atoms with van der Waals surface area (Å²) in [6, 6.07) is 4.26. The zero-order chi connectivity index (χ0) is 17.7. The lowest BCUT2D eigenvalue weighted by Gasteiger charge is -2.24. The molecule has 0 saturated carbocycles. The average Bonchev–Trinajstić information content (AvgIpc) is 2.83. The lowest BCUT2D eigenvalue weighted by molar-refractivity contribution is -0.131. The molecule has 1 amide bonds. The van der Waals surface area contributed by atoms with Crippen LogP contribution in [0, 0.1) is 0 Å². The summed E-state index contributed by atoms with van der Waals surface area (Å²) >= 11 is 6.00. The monoisotopic (exact) mass is 374 g/mol. The van der Waals surface area contributed by atoms with Gasteiger partial charge < -0.3 is 9.64 Å². The number of nitrogens with zero attached hydrogens (tertiary/aromatic N) is 2. The van der Waals surface area contributed by atoms with Gasteiger partial charge in [-0.1, -0.05) is 24.4 Å². The van der Waals surface area contributed by atoms with Crippen LogP contribution in [0.1, 0.15) is 25.7 Å². The maximum absolute atomic E-state index is 12.6. The van der Waals surface area contributed by atoms with Crippen LogP contribution >= 0.6 is 11.6 Å². The number of benzene rings is 1. The second kappa shape index (κ2) is 8.18. The van der Waals surface area contributed by atoms with Crippen LogP contribution in [0.2, 0.25) is 5.02 Å². The molecule has 1 aliphatic rings. The minimum Gasteiger partial charge on any atom is -0.495 e. The Kier molecular flexibility index (Phi) is 6.48. The minimum atomic E-state index is -3.78. The molecule has 6 nitrogen and oxygen atoms in total. The topological polar surface area (TPSA) is 66.9 Å². The van der Waals surface area contributed by atoms with Gasteiger partial charge in [0.2, 0.25) is 15.9 Å². The van der Waals surface area contributed by atoms with Crippen LogP contribution in [-0.2, 0) is 14.8 Å². The van der Waals surface area contributed by atoms with Crippen LogP contribution in [0.3, 0.4) is 0 Å². The summed E-state index contributed by atoms with van der Waals surface area (Å²) in [6.07, 6.45) is 4.16. The third-order valence-corrected chi connectivity index (χ3v) is 6.24. The number of hydrogen-bond donors (Lipinski definition) is 0. The van der Waals surface area contributed by atoms with Gasteiger partial charge in [-0.2, -0.15) is 4.31 Å². The van der Waals surface area contributed by atoms with Crippen molar-refractivity contribution in [3.8, 4) is 5.75 Å². The zero-order valence-corrected chi connectivity index (χ0v) is 15.6. The molecular formula is C16H23ClN2O4S. The molecule has 1 aromatic carbocycles. The highest BCUT2D eigenvalue weighted by atomic mass is 35.5. The summed E-state index contributed by atoms with van der Waals surface area (Å²) in [7, 11) is -0.918. The first kappa shape index (κ1) is 19.0. The third-order valence-electron chi connectivity index (χ3n) is 4.15. The van der Waals surface area contributed by atoms with Gasteiger partial charge in [-0.25, -0.2) is 8.42 Å². The summed E-state index contributed by atoms with van der Waals surface area (Å²) in [6.45, 7) is 1.22. The van der Waals surface area contributed by atoms with Crippen LogP contribution in [-0.4, -0.2) is 57.3 Å². The molecule has 1 aliphatic heterocycles. The molecule has 0 bridgehead atoms. The number of likely N-dealkylation sites (tertiary alicyclic amines) is 1. The van der Waals surface area contributed by atoms with Gasteiger partial charge in [-0.05, 0) is 31.0 Å². The molecule has 0 aliphatic carbocycles. The summed E-state index contributed by atoms with van der Waals surface area (Å²) in [4.78, 5) is 14.2. The third kappa shape index (κ3) is 4.40. The van der Waals surface area contributed by atoms with Gasteiger partial charge in [0.15, 0.2) is 0 Å². The largest absolute Gasteiger partial charge is 0.495 e. The number of sulfonamides is 1. The molecule has 0 unspecified atom stereocenters. The van der Waals surface area contributed by atoms with Gasteiger partial charge in [0.25, 0.3) is 0 Å². The number of carbonyl (C=O) groups is 1. The quantitative estimate of drug-likeness (QED) is 0.793. The van der Waals surface area contributed by atoms with E-state index in [1.54, 1.807) is 4.90 Å². The Labute approximate surface area is 148 Å². The fourth-order valence-corrected chi connectivity index (χ4v) is 4.15. The number of methoxy groups -OCH3 is 1. The first-order chi connectivity index (χ1) is 11.4. The van der Waals surface area contributed by atoms with Crippen LogP contribution in [0.15, 0.2) is 23.1 Å².